The molecule has 1 fully saturated rings. The number of benzene rings is 1. The van der Waals surface area contributed by atoms with Crippen molar-refractivity contribution in [2.45, 2.75) is 32.3 Å². The highest BCUT2D eigenvalue weighted by molar-refractivity contribution is 7.14. The number of thiazole rings is 1. The Balaban J connectivity index is 1.63. The molecule has 5 nitrogen and oxygen atoms in total. The highest BCUT2D eigenvalue weighted by Crippen LogP contribution is 2.27. The molecule has 1 amide bonds. The second-order valence-electron chi connectivity index (χ2n) is 5.40. The zero-order chi connectivity index (χ0) is 16.1. The summed E-state index contributed by atoms with van der Waals surface area (Å²) in [7, 11) is 0. The van der Waals surface area contributed by atoms with Gasteiger partial charge in [-0.2, -0.15) is 0 Å². The minimum atomic E-state index is -0.336. The van der Waals surface area contributed by atoms with Crippen LogP contribution >= 0.6 is 11.3 Å². The number of nitrogens with one attached hydrogen (secondary N) is 1. The van der Waals surface area contributed by atoms with Crippen molar-refractivity contribution in [3.05, 3.63) is 29.6 Å². The molecule has 1 saturated heterocycles. The molecule has 1 aromatic heterocycles. The molecule has 1 atom stereocenters. The monoisotopic (exact) mass is 332 g/mol. The summed E-state index contributed by atoms with van der Waals surface area (Å²) in [5.41, 5.74) is 1.85. The first-order valence-electron chi connectivity index (χ1n) is 7.87. The largest absolute Gasteiger partial charge is 0.494 e. The van der Waals surface area contributed by atoms with Crippen molar-refractivity contribution in [2.24, 2.45) is 0 Å². The zero-order valence-corrected chi connectivity index (χ0v) is 13.9. The third-order valence-electron chi connectivity index (χ3n) is 3.58. The summed E-state index contributed by atoms with van der Waals surface area (Å²) in [5, 5.41) is 5.37. The number of anilines is 1. The van der Waals surface area contributed by atoms with Gasteiger partial charge in [0, 0.05) is 17.6 Å². The molecule has 1 N–H and O–H groups in total. The second kappa shape index (κ2) is 7.57. The molecule has 1 aromatic carbocycles. The van der Waals surface area contributed by atoms with Crippen LogP contribution in [0.15, 0.2) is 29.6 Å². The maximum Gasteiger partial charge on any atom is 0.255 e. The maximum absolute atomic E-state index is 12.0. The number of nitrogens with zero attached hydrogens (tertiary/aromatic N) is 1. The number of hydrogen-bond acceptors (Lipinski definition) is 5. The van der Waals surface area contributed by atoms with Crippen LogP contribution in [0.1, 0.15) is 26.2 Å². The van der Waals surface area contributed by atoms with Gasteiger partial charge in [-0.05, 0) is 43.5 Å². The van der Waals surface area contributed by atoms with Crippen LogP contribution in [0.4, 0.5) is 5.13 Å². The van der Waals surface area contributed by atoms with Crippen molar-refractivity contribution in [3.8, 4) is 17.0 Å². The number of ether oxygens (including phenoxy) is 2. The third kappa shape index (κ3) is 4.09. The molecule has 2 aromatic rings. The molecule has 2 heterocycles. The van der Waals surface area contributed by atoms with Gasteiger partial charge in [-0.3, -0.25) is 10.1 Å². The zero-order valence-electron chi connectivity index (χ0n) is 13.1. The number of rotatable bonds is 6. The van der Waals surface area contributed by atoms with Crippen molar-refractivity contribution in [3.63, 3.8) is 0 Å². The van der Waals surface area contributed by atoms with E-state index in [1.807, 2.05) is 29.6 Å². The average Bonchev–Trinajstić information content (AvgIpc) is 3.25. The van der Waals surface area contributed by atoms with Gasteiger partial charge in [-0.25, -0.2) is 4.98 Å². The number of hydrogen-bond donors (Lipinski definition) is 1. The number of aromatic nitrogens is 1. The molecule has 122 valence electrons. The Kier molecular flexibility index (Phi) is 5.25. The third-order valence-corrected chi connectivity index (χ3v) is 4.34. The van der Waals surface area contributed by atoms with Gasteiger partial charge in [-0.1, -0.05) is 6.92 Å². The fourth-order valence-corrected chi connectivity index (χ4v) is 3.10. The molecule has 0 bridgehead atoms. The van der Waals surface area contributed by atoms with Gasteiger partial charge in [0.25, 0.3) is 5.91 Å². The van der Waals surface area contributed by atoms with E-state index in [4.69, 9.17) is 9.47 Å². The summed E-state index contributed by atoms with van der Waals surface area (Å²) in [5.74, 6) is 0.754. The van der Waals surface area contributed by atoms with Crippen LogP contribution < -0.4 is 10.1 Å². The standard InChI is InChI=1S/C17H20N2O3S/c1-2-9-21-13-7-5-12(6-8-13)14-11-23-17(18-14)19-16(20)15-4-3-10-22-15/h5-8,11,15H,2-4,9-10H2,1H3,(H,18,19,20)/t15-/m1/s1. The van der Waals surface area contributed by atoms with Gasteiger partial charge in [0.1, 0.15) is 11.9 Å². The van der Waals surface area contributed by atoms with E-state index >= 15 is 0 Å². The van der Waals surface area contributed by atoms with Gasteiger partial charge >= 0.3 is 0 Å². The molecule has 0 radical (unpaired) electrons. The predicted molar refractivity (Wildman–Crippen MR) is 90.9 cm³/mol. The maximum atomic E-state index is 12.0. The molecular formula is C17H20N2O3S. The van der Waals surface area contributed by atoms with Crippen molar-refractivity contribution >= 4 is 22.4 Å². The van der Waals surface area contributed by atoms with Gasteiger partial charge in [-0.15, -0.1) is 11.3 Å². The molecule has 6 heteroatoms. The molecule has 0 aliphatic carbocycles. The van der Waals surface area contributed by atoms with E-state index in [0.717, 1.165) is 42.9 Å². The normalized spacial score (nSPS) is 17.2. The molecule has 0 unspecified atom stereocenters. The lowest BCUT2D eigenvalue weighted by Gasteiger charge is -2.07. The Morgan fingerprint density at radius 3 is 2.96 bits per heavy atom. The Bertz CT molecular complexity index is 648. The minimum absolute atomic E-state index is 0.105. The van der Waals surface area contributed by atoms with Crippen LogP contribution in [0, 0.1) is 0 Å². The van der Waals surface area contributed by atoms with Crippen molar-refractivity contribution in [1.29, 1.82) is 0 Å². The first kappa shape index (κ1) is 16.0. The van der Waals surface area contributed by atoms with Crippen molar-refractivity contribution in [1.82, 2.24) is 4.98 Å². The average molecular weight is 332 g/mol. The summed E-state index contributed by atoms with van der Waals surface area (Å²) in [4.78, 5) is 16.5. The Hall–Kier alpha value is -1.92. The minimum Gasteiger partial charge on any atom is -0.494 e. The molecule has 23 heavy (non-hydrogen) atoms. The van der Waals surface area contributed by atoms with Crippen LogP contribution in [0.3, 0.4) is 0 Å². The van der Waals surface area contributed by atoms with Crippen LogP contribution in [-0.2, 0) is 9.53 Å². The summed E-state index contributed by atoms with van der Waals surface area (Å²) in [6, 6.07) is 7.83. The van der Waals surface area contributed by atoms with Gasteiger partial charge in [0.2, 0.25) is 0 Å². The van der Waals surface area contributed by atoms with Crippen LogP contribution in [-0.4, -0.2) is 30.2 Å². The summed E-state index contributed by atoms with van der Waals surface area (Å²) < 4.78 is 10.9. The highest BCUT2D eigenvalue weighted by Gasteiger charge is 2.24. The first-order chi connectivity index (χ1) is 11.3. The van der Waals surface area contributed by atoms with Crippen LogP contribution in [0.25, 0.3) is 11.3 Å². The van der Waals surface area contributed by atoms with Gasteiger partial charge in [0.15, 0.2) is 5.13 Å². The van der Waals surface area contributed by atoms with E-state index < -0.39 is 0 Å². The summed E-state index contributed by atoms with van der Waals surface area (Å²) in [6.45, 7) is 3.46. The van der Waals surface area contributed by atoms with Crippen LogP contribution in [0.2, 0.25) is 0 Å². The fraction of sp³-hybridized carbons (Fsp3) is 0.412. The number of amides is 1. The SMILES string of the molecule is CCCOc1ccc(-c2csc(NC(=O)[C@H]3CCCO3)n2)cc1. The molecule has 3 rings (SSSR count). The quantitative estimate of drug-likeness (QED) is 0.876. The Labute approximate surface area is 139 Å². The smallest absolute Gasteiger partial charge is 0.255 e. The van der Waals surface area contributed by atoms with E-state index in [1.165, 1.54) is 11.3 Å². The van der Waals surface area contributed by atoms with E-state index in [1.54, 1.807) is 0 Å². The number of carbonyl (C=O) groups excluding carboxylic acids is 1. The predicted octanol–water partition coefficient (Wildman–Crippen LogP) is 3.72. The Morgan fingerprint density at radius 2 is 2.26 bits per heavy atom. The molecular weight excluding hydrogens is 312 g/mol. The molecule has 0 saturated carbocycles. The van der Waals surface area contributed by atoms with E-state index in [2.05, 4.69) is 17.2 Å². The molecule has 1 aliphatic heterocycles. The lowest BCUT2D eigenvalue weighted by Crippen LogP contribution is -2.26. The van der Waals surface area contributed by atoms with E-state index in [0.29, 0.717) is 11.7 Å². The molecule has 1 aliphatic rings. The fourth-order valence-electron chi connectivity index (χ4n) is 2.38. The first-order valence-corrected chi connectivity index (χ1v) is 8.75. The van der Waals surface area contributed by atoms with Crippen molar-refractivity contribution in [2.75, 3.05) is 18.5 Å². The van der Waals surface area contributed by atoms with E-state index in [-0.39, 0.29) is 12.0 Å². The van der Waals surface area contributed by atoms with Gasteiger partial charge < -0.3 is 9.47 Å². The summed E-state index contributed by atoms with van der Waals surface area (Å²) >= 11 is 1.42. The van der Waals surface area contributed by atoms with E-state index in [9.17, 15) is 4.79 Å². The molecule has 0 spiro atoms. The van der Waals surface area contributed by atoms with Crippen molar-refractivity contribution < 1.29 is 14.3 Å². The van der Waals surface area contributed by atoms with Crippen LogP contribution in [0.5, 0.6) is 5.75 Å². The highest BCUT2D eigenvalue weighted by atomic mass is 32.1. The second-order valence-corrected chi connectivity index (χ2v) is 6.26. The topological polar surface area (TPSA) is 60.5 Å². The lowest BCUT2D eigenvalue weighted by atomic mass is 10.2. The Morgan fingerprint density at radius 1 is 1.43 bits per heavy atom. The lowest BCUT2D eigenvalue weighted by molar-refractivity contribution is -0.124. The number of carbonyl (C=O) groups is 1. The summed E-state index contributed by atoms with van der Waals surface area (Å²) in [6.07, 6.45) is 2.37. The van der Waals surface area contributed by atoms with Gasteiger partial charge in [0.05, 0.1) is 12.3 Å².